The second kappa shape index (κ2) is 5.84. The second-order valence-corrected chi connectivity index (χ2v) is 3.42. The summed E-state index contributed by atoms with van der Waals surface area (Å²) < 4.78 is 23.2. The predicted molar refractivity (Wildman–Crippen MR) is 61.2 cm³/mol. The zero-order valence-electron chi connectivity index (χ0n) is 9.39. The van der Waals surface area contributed by atoms with Crippen LogP contribution in [-0.2, 0) is 6.61 Å². The first-order valence-corrected chi connectivity index (χ1v) is 5.20. The Morgan fingerprint density at radius 2 is 2.33 bits per heavy atom. The molecule has 0 spiro atoms. The Morgan fingerprint density at radius 3 is 3.06 bits per heavy atom. The highest BCUT2D eigenvalue weighted by atomic mass is 19.1. The first-order valence-electron chi connectivity index (χ1n) is 5.20. The van der Waals surface area contributed by atoms with Crippen LogP contribution in [0, 0.1) is 17.7 Å². The number of aliphatic hydroxyl groups excluding tert-OH is 1. The zero-order chi connectivity index (χ0) is 12.8. The topological polar surface area (TPSA) is 55.5 Å². The van der Waals surface area contributed by atoms with Gasteiger partial charge in [-0.05, 0) is 18.2 Å². The Bertz CT molecular complexity index is 570. The predicted octanol–water partition coefficient (Wildman–Crippen LogP) is 1.74. The average molecular weight is 247 g/mol. The molecule has 18 heavy (non-hydrogen) atoms. The van der Waals surface area contributed by atoms with Crippen LogP contribution in [0.25, 0.3) is 0 Å². The fourth-order valence-electron chi connectivity index (χ4n) is 1.32. The number of benzene rings is 1. The van der Waals surface area contributed by atoms with Crippen LogP contribution in [0.3, 0.4) is 0 Å². The number of aromatic nitrogens is 1. The lowest BCUT2D eigenvalue weighted by molar-refractivity contribution is 0.303. The fraction of sp³-hybridized carbons (Fsp3) is 0.154. The third-order valence-electron chi connectivity index (χ3n) is 2.12. The summed E-state index contributed by atoms with van der Waals surface area (Å²) in [5.41, 5.74) is 1.15. The Balaban J connectivity index is 2.16. The molecule has 0 aliphatic heterocycles. The minimum absolute atomic E-state index is 0.253. The molecule has 1 aromatic heterocycles. The molecular weight excluding hydrogens is 237 g/mol. The van der Waals surface area contributed by atoms with Crippen LogP contribution in [0.4, 0.5) is 4.39 Å². The number of halogens is 1. The molecule has 92 valence electrons. The summed E-state index contributed by atoms with van der Waals surface area (Å²) in [4.78, 5) is 0. The van der Waals surface area contributed by atoms with Gasteiger partial charge >= 0.3 is 0 Å². The van der Waals surface area contributed by atoms with Gasteiger partial charge in [-0.2, -0.15) is 0 Å². The molecule has 2 rings (SSSR count). The van der Waals surface area contributed by atoms with Gasteiger partial charge in [-0.15, -0.1) is 0 Å². The van der Waals surface area contributed by atoms with Gasteiger partial charge < -0.3 is 14.4 Å². The van der Waals surface area contributed by atoms with Gasteiger partial charge in [-0.1, -0.05) is 17.0 Å². The Labute approximate surface area is 103 Å². The van der Waals surface area contributed by atoms with Gasteiger partial charge in [0.2, 0.25) is 0 Å². The van der Waals surface area contributed by atoms with Crippen LogP contribution in [0.2, 0.25) is 0 Å². The first kappa shape index (κ1) is 12.1. The van der Waals surface area contributed by atoms with Crippen molar-refractivity contribution in [3.05, 3.63) is 47.6 Å². The number of aliphatic hydroxyl groups is 1. The van der Waals surface area contributed by atoms with Crippen LogP contribution < -0.4 is 4.74 Å². The summed E-state index contributed by atoms with van der Waals surface area (Å²) >= 11 is 0. The largest absolute Gasteiger partial charge is 0.487 e. The van der Waals surface area contributed by atoms with Crippen molar-refractivity contribution in [3.8, 4) is 17.6 Å². The maximum atomic E-state index is 13.1. The maximum Gasteiger partial charge on any atom is 0.135 e. The van der Waals surface area contributed by atoms with Gasteiger partial charge in [0, 0.05) is 5.56 Å². The normalized spacial score (nSPS) is 9.67. The molecular formula is C13H10FNO3. The van der Waals surface area contributed by atoms with E-state index in [0.29, 0.717) is 11.3 Å². The standard InChI is InChI=1S/C13H10FNO3/c14-12-3-4-13(11(6-12)2-1-5-16)17-8-10-7-15-18-9-10/h3-4,6-7,9,16H,5,8H2. The van der Waals surface area contributed by atoms with E-state index in [9.17, 15) is 4.39 Å². The van der Waals surface area contributed by atoms with Crippen molar-refractivity contribution in [2.75, 3.05) is 6.61 Å². The summed E-state index contributed by atoms with van der Waals surface area (Å²) in [5, 5.41) is 12.2. The van der Waals surface area contributed by atoms with Gasteiger partial charge in [-0.25, -0.2) is 4.39 Å². The third-order valence-corrected chi connectivity index (χ3v) is 2.12. The molecule has 0 radical (unpaired) electrons. The highest BCUT2D eigenvalue weighted by Gasteiger charge is 2.04. The average Bonchev–Trinajstić information content (AvgIpc) is 2.88. The molecule has 0 bridgehead atoms. The van der Waals surface area contributed by atoms with Crippen LogP contribution >= 0.6 is 0 Å². The van der Waals surface area contributed by atoms with Crippen molar-refractivity contribution in [1.29, 1.82) is 0 Å². The van der Waals surface area contributed by atoms with Crippen LogP contribution in [0.5, 0.6) is 5.75 Å². The molecule has 0 aliphatic carbocycles. The molecule has 1 N–H and O–H groups in total. The van der Waals surface area contributed by atoms with E-state index in [4.69, 9.17) is 9.84 Å². The molecule has 0 saturated carbocycles. The molecule has 0 saturated heterocycles. The quantitative estimate of drug-likeness (QED) is 0.839. The van der Waals surface area contributed by atoms with E-state index in [1.54, 1.807) is 0 Å². The molecule has 0 atom stereocenters. The molecule has 0 amide bonds. The fourth-order valence-corrected chi connectivity index (χ4v) is 1.32. The molecule has 0 aliphatic rings. The van der Waals surface area contributed by atoms with Crippen molar-refractivity contribution in [3.63, 3.8) is 0 Å². The second-order valence-electron chi connectivity index (χ2n) is 3.42. The minimum atomic E-state index is -0.408. The number of ether oxygens (including phenoxy) is 1. The highest BCUT2D eigenvalue weighted by molar-refractivity contribution is 5.46. The lowest BCUT2D eigenvalue weighted by Crippen LogP contribution is -1.96. The van der Waals surface area contributed by atoms with Crippen molar-refractivity contribution < 1.29 is 18.8 Å². The number of hydrogen-bond acceptors (Lipinski definition) is 4. The zero-order valence-corrected chi connectivity index (χ0v) is 9.39. The van der Waals surface area contributed by atoms with E-state index in [-0.39, 0.29) is 13.2 Å². The molecule has 4 nitrogen and oxygen atoms in total. The van der Waals surface area contributed by atoms with Gasteiger partial charge in [-0.3, -0.25) is 0 Å². The minimum Gasteiger partial charge on any atom is -0.487 e. The Hall–Kier alpha value is -2.32. The number of rotatable bonds is 3. The van der Waals surface area contributed by atoms with Crippen LogP contribution in [0.15, 0.2) is 35.2 Å². The van der Waals surface area contributed by atoms with Crippen molar-refractivity contribution in [2.45, 2.75) is 6.61 Å². The summed E-state index contributed by atoms with van der Waals surface area (Å²) in [6.45, 7) is -0.0372. The monoisotopic (exact) mass is 247 g/mol. The van der Waals surface area contributed by atoms with Crippen LogP contribution in [-0.4, -0.2) is 16.9 Å². The van der Waals surface area contributed by atoms with Gasteiger partial charge in [0.25, 0.3) is 0 Å². The van der Waals surface area contributed by atoms with Crippen LogP contribution in [0.1, 0.15) is 11.1 Å². The third kappa shape index (κ3) is 3.09. The number of nitrogens with zero attached hydrogens (tertiary/aromatic N) is 1. The summed E-state index contributed by atoms with van der Waals surface area (Å²) in [6, 6.07) is 4.03. The smallest absolute Gasteiger partial charge is 0.135 e. The maximum absolute atomic E-state index is 13.1. The van der Waals surface area contributed by atoms with Gasteiger partial charge in [0.1, 0.15) is 31.0 Å². The Kier molecular flexibility index (Phi) is 3.94. The molecule has 5 heteroatoms. The van der Waals surface area contributed by atoms with Gasteiger partial charge in [0.15, 0.2) is 0 Å². The summed E-state index contributed by atoms with van der Waals surface area (Å²) in [7, 11) is 0. The van der Waals surface area contributed by atoms with Crippen molar-refractivity contribution in [1.82, 2.24) is 5.16 Å². The Morgan fingerprint density at radius 1 is 1.44 bits per heavy atom. The number of hydrogen-bond donors (Lipinski definition) is 1. The van der Waals surface area contributed by atoms with Gasteiger partial charge in [0.05, 0.1) is 11.8 Å². The lowest BCUT2D eigenvalue weighted by atomic mass is 10.2. The first-order chi connectivity index (χ1) is 8.79. The molecule has 0 fully saturated rings. The van der Waals surface area contributed by atoms with E-state index < -0.39 is 5.82 Å². The SMILES string of the molecule is OCC#Cc1cc(F)ccc1OCc1cnoc1. The van der Waals surface area contributed by atoms with Crippen molar-refractivity contribution >= 4 is 0 Å². The summed E-state index contributed by atoms with van der Waals surface area (Å²) in [6.07, 6.45) is 2.99. The molecule has 2 aromatic rings. The van der Waals surface area contributed by atoms with E-state index >= 15 is 0 Å². The lowest BCUT2D eigenvalue weighted by Gasteiger charge is -2.06. The van der Waals surface area contributed by atoms with E-state index in [1.165, 1.54) is 30.7 Å². The molecule has 1 aromatic carbocycles. The van der Waals surface area contributed by atoms with E-state index in [0.717, 1.165) is 5.56 Å². The molecule has 0 unspecified atom stereocenters. The van der Waals surface area contributed by atoms with Crippen molar-refractivity contribution in [2.24, 2.45) is 0 Å². The molecule has 1 heterocycles. The van der Waals surface area contributed by atoms with E-state index in [2.05, 4.69) is 21.5 Å². The highest BCUT2D eigenvalue weighted by Crippen LogP contribution is 2.20. The summed E-state index contributed by atoms with van der Waals surface area (Å²) in [5.74, 6) is 5.12. The van der Waals surface area contributed by atoms with E-state index in [1.807, 2.05) is 0 Å².